The Morgan fingerprint density at radius 2 is 1.32 bits per heavy atom. The number of hydrogen-bond acceptors (Lipinski definition) is 6. The van der Waals surface area contributed by atoms with Crippen molar-refractivity contribution in [1.82, 2.24) is 29.3 Å². The van der Waals surface area contributed by atoms with Gasteiger partial charge in [0, 0.05) is 74.2 Å². The van der Waals surface area contributed by atoms with E-state index in [0.29, 0.717) is 34.3 Å². The van der Waals surface area contributed by atoms with Crippen LogP contribution in [0.2, 0.25) is 19.6 Å². The van der Waals surface area contributed by atoms with Gasteiger partial charge in [-0.15, -0.1) is 65.0 Å². The Morgan fingerprint density at radius 1 is 0.615 bits per heavy atom. The van der Waals surface area contributed by atoms with Crippen molar-refractivity contribution in [3.05, 3.63) is 193 Å². The molecule has 12 rings (SSSR count). The molecule has 12 aromatic rings. The van der Waals surface area contributed by atoms with E-state index in [1.165, 1.54) is 6.07 Å². The summed E-state index contributed by atoms with van der Waals surface area (Å²) in [5.74, 6) is 0.471. The summed E-state index contributed by atoms with van der Waals surface area (Å²) in [6.07, 6.45) is 1.59. The van der Waals surface area contributed by atoms with E-state index in [1.807, 2.05) is 105 Å². The molecule has 0 spiro atoms. The van der Waals surface area contributed by atoms with E-state index in [0.717, 1.165) is 77.0 Å². The topological polar surface area (TPSA) is 82.0 Å². The number of fused-ring (bicyclic) bond motifs is 11. The predicted molar refractivity (Wildman–Crippen MR) is 264 cm³/mol. The largest absolute Gasteiger partial charge is 0.456 e. The van der Waals surface area contributed by atoms with Gasteiger partial charge >= 0.3 is 0 Å². The zero-order chi connectivity index (χ0) is 47.7. The molecule has 0 bridgehead atoms. The van der Waals surface area contributed by atoms with Crippen molar-refractivity contribution in [3.8, 4) is 45.4 Å². The number of furan rings is 1. The number of nitrogens with zero attached hydrogens (tertiary/aromatic N) is 6. The van der Waals surface area contributed by atoms with Gasteiger partial charge in [-0.25, -0.2) is 15.0 Å². The third kappa shape index (κ3) is 8.15. The van der Waals surface area contributed by atoms with Crippen LogP contribution in [0.25, 0.3) is 106 Å². The number of benzene rings is 7. The van der Waals surface area contributed by atoms with E-state index in [4.69, 9.17) is 31.2 Å². The van der Waals surface area contributed by atoms with Gasteiger partial charge in [-0.3, -0.25) is 4.98 Å². The van der Waals surface area contributed by atoms with Crippen LogP contribution in [0, 0.1) is 19.0 Å². The van der Waals surface area contributed by atoms with Crippen LogP contribution in [0.15, 0.2) is 174 Å². The molecule has 5 aromatic heterocycles. The fraction of sp³-hybridized carbons (Fsp3) is 0.0893. The van der Waals surface area contributed by atoms with E-state index in [9.17, 15) is 0 Å². The van der Waals surface area contributed by atoms with Crippen LogP contribution in [-0.4, -0.2) is 37.4 Å². The molecule has 0 unspecified atom stereocenters. The van der Waals surface area contributed by atoms with Crippen molar-refractivity contribution < 1.29 is 31.4 Å². The molecule has 0 saturated carbocycles. The average Bonchev–Trinajstić information content (AvgIpc) is 3.94. The molecule has 5 heterocycles. The maximum atomic E-state index is 8.41. The normalized spacial score (nSPS) is 13.2. The SMILES string of the molecule is [2H]C([2H])([2H])c1c[c-]c(-c2cc(C([2H])([2H])[Si](C)(C)C)ccn2)cc1.[Ir].[c-]1cccc2c1c1nc3ccccc3n1c1cc3c(cc21)oc1cc(-c2nc(-c4ccccc4)nc(-c4ccccc4)n2)ccc13. The minimum absolute atomic E-state index is 0. The van der Waals surface area contributed by atoms with E-state index >= 15 is 0 Å². The Labute approximate surface area is 398 Å². The Bertz CT molecular complexity index is 3860. The van der Waals surface area contributed by atoms with Gasteiger partial charge in [0.2, 0.25) is 0 Å². The summed E-state index contributed by atoms with van der Waals surface area (Å²) in [5, 5.41) is 5.24. The van der Waals surface area contributed by atoms with E-state index in [1.54, 1.807) is 30.5 Å². The second-order valence-electron chi connectivity index (χ2n) is 16.7. The number of para-hydroxylation sites is 2. The fourth-order valence-electron chi connectivity index (χ4n) is 8.25. The Morgan fingerprint density at radius 3 is 2.03 bits per heavy atom. The fourth-order valence-corrected chi connectivity index (χ4v) is 9.27. The average molecular weight is 1040 g/mol. The molecule has 0 atom stereocenters. The van der Waals surface area contributed by atoms with Crippen molar-refractivity contribution in [3.63, 3.8) is 0 Å². The quantitative estimate of drug-likeness (QED) is 0.0937. The van der Waals surface area contributed by atoms with Gasteiger partial charge in [0.05, 0.1) is 16.7 Å². The zero-order valence-electron chi connectivity index (χ0n) is 40.6. The molecule has 1 radical (unpaired) electrons. The van der Waals surface area contributed by atoms with E-state index in [2.05, 4.69) is 70.0 Å². The molecular formula is C56H42IrN6OSi-2. The maximum Gasteiger partial charge on any atom is 0.164 e. The van der Waals surface area contributed by atoms with Crippen LogP contribution in [0.5, 0.6) is 0 Å². The maximum absolute atomic E-state index is 8.41. The van der Waals surface area contributed by atoms with Crippen molar-refractivity contribution in [2.75, 3.05) is 0 Å². The van der Waals surface area contributed by atoms with Gasteiger partial charge in [0.1, 0.15) is 11.2 Å². The number of rotatable bonds is 6. The molecular weight excluding hydrogens is 993 g/mol. The molecule has 0 aliphatic carbocycles. The van der Waals surface area contributed by atoms with E-state index < -0.39 is 20.9 Å². The van der Waals surface area contributed by atoms with Gasteiger partial charge in [-0.2, -0.15) is 0 Å². The molecule has 0 amide bonds. The number of aromatic nitrogens is 6. The van der Waals surface area contributed by atoms with Gasteiger partial charge in [0.25, 0.3) is 0 Å². The summed E-state index contributed by atoms with van der Waals surface area (Å²) < 4.78 is 47.8. The van der Waals surface area contributed by atoms with Crippen molar-refractivity contribution in [2.45, 2.75) is 32.5 Å². The molecule has 65 heavy (non-hydrogen) atoms. The summed E-state index contributed by atoms with van der Waals surface area (Å²) in [7, 11) is -2.06. The third-order valence-corrected chi connectivity index (χ3v) is 12.1. The molecule has 7 aromatic carbocycles. The Balaban J connectivity index is 0.000000201. The first-order valence-electron chi connectivity index (χ1n) is 23.6. The van der Waals surface area contributed by atoms with Gasteiger partial charge in [-0.05, 0) is 59.5 Å². The summed E-state index contributed by atoms with van der Waals surface area (Å²) >= 11 is 0. The smallest absolute Gasteiger partial charge is 0.164 e. The van der Waals surface area contributed by atoms with Crippen molar-refractivity contribution in [2.24, 2.45) is 0 Å². The first-order chi connectivity index (χ1) is 33.2. The molecule has 7 nitrogen and oxygen atoms in total. The molecule has 0 saturated heterocycles. The Kier molecular flexibility index (Phi) is 9.52. The van der Waals surface area contributed by atoms with Crippen LogP contribution >= 0.6 is 0 Å². The molecule has 0 N–H and O–H groups in total. The van der Waals surface area contributed by atoms with Crippen LogP contribution < -0.4 is 0 Å². The second kappa shape index (κ2) is 17.1. The predicted octanol–water partition coefficient (Wildman–Crippen LogP) is 14.0. The monoisotopic (exact) mass is 1040 g/mol. The van der Waals surface area contributed by atoms with Gasteiger partial charge < -0.3 is 13.8 Å². The number of pyridine rings is 2. The zero-order valence-corrected chi connectivity index (χ0v) is 39.0. The van der Waals surface area contributed by atoms with Crippen molar-refractivity contribution >= 4 is 68.4 Å². The first-order valence-corrected chi connectivity index (χ1v) is 24.6. The summed E-state index contributed by atoms with van der Waals surface area (Å²) in [6.45, 7) is 3.82. The first kappa shape index (κ1) is 36.2. The van der Waals surface area contributed by atoms with Crippen LogP contribution in [0.3, 0.4) is 0 Å². The molecule has 9 heteroatoms. The number of imidazole rings is 1. The molecule has 317 valence electrons. The van der Waals surface area contributed by atoms with Gasteiger partial charge in [-0.1, -0.05) is 122 Å². The van der Waals surface area contributed by atoms with Crippen molar-refractivity contribution in [1.29, 1.82) is 0 Å². The molecule has 0 aliphatic rings. The number of aryl methyl sites for hydroxylation is 1. The third-order valence-electron chi connectivity index (χ3n) is 11.1. The summed E-state index contributed by atoms with van der Waals surface area (Å²) in [4.78, 5) is 24.0. The summed E-state index contributed by atoms with van der Waals surface area (Å²) in [6, 6.07) is 59.5. The summed E-state index contributed by atoms with van der Waals surface area (Å²) in [5.41, 5.74) is 10.4. The minimum Gasteiger partial charge on any atom is -0.456 e. The number of hydrogen-bond donors (Lipinski definition) is 0. The minimum atomic E-state index is -2.15. The van der Waals surface area contributed by atoms with E-state index in [-0.39, 0.29) is 25.7 Å². The van der Waals surface area contributed by atoms with Crippen LogP contribution in [0.4, 0.5) is 0 Å². The Hall–Kier alpha value is -7.16. The van der Waals surface area contributed by atoms with Gasteiger partial charge in [0.15, 0.2) is 17.5 Å². The van der Waals surface area contributed by atoms with Crippen LogP contribution in [0.1, 0.15) is 18.0 Å². The van der Waals surface area contributed by atoms with Crippen LogP contribution in [-0.2, 0) is 26.1 Å². The second-order valence-corrected chi connectivity index (χ2v) is 21.5. The molecule has 0 aliphatic heterocycles. The standard InChI is InChI=1S/C40H22N5O.C16H20NSi.Ir/c1-3-11-24(12-4-1)37-42-38(25-13-5-2-6-14-25)44-39(43-37)26-19-20-28-31-22-34-30(23-36(31)46-35(28)21-26)27-15-7-8-16-29(27)40-41-32-17-9-10-18-33(32)45(34)40;1-13-5-7-15(8-6-13)16-11-14(9-10-17-16)12-18(2,3)4;/h1-15,17-23H;5-7,9-11H,12H2,1-4H3;/q2*-1;/i;1D3,12D2;. The molecule has 0 fully saturated rings.